The first kappa shape index (κ1) is 14.7. The van der Waals surface area contributed by atoms with Crippen LogP contribution in [0, 0.1) is 12.3 Å². The summed E-state index contributed by atoms with van der Waals surface area (Å²) in [6.45, 7) is 12.3. The minimum absolute atomic E-state index is 0.325. The second kappa shape index (κ2) is 6.35. The molecule has 1 nitrogen and oxygen atoms in total. The molecule has 0 atom stereocenters. The lowest BCUT2D eigenvalue weighted by molar-refractivity contribution is 0.278. The molecule has 0 bridgehead atoms. The Bertz CT molecular complexity index is 208. The van der Waals surface area contributed by atoms with Crippen molar-refractivity contribution in [3.8, 4) is 12.3 Å². The highest BCUT2D eigenvalue weighted by Gasteiger charge is 2.36. The van der Waals surface area contributed by atoms with Crippen LogP contribution in [0.4, 0.5) is 0 Å². The molecular formula is C13H26OSi. The van der Waals surface area contributed by atoms with Crippen LogP contribution in [0.5, 0.6) is 0 Å². The standard InChI is InChI=1S/C13H26OSi/c1-7-8-9-10-11-12-14-15(5,6)13(2,3)4/h1H,8-12H2,2-6H3. The van der Waals surface area contributed by atoms with Gasteiger partial charge in [0.05, 0.1) is 0 Å². The predicted molar refractivity (Wildman–Crippen MR) is 70.5 cm³/mol. The SMILES string of the molecule is C#CCCCCCO[Si](C)(C)C(C)(C)C. The van der Waals surface area contributed by atoms with Gasteiger partial charge in [-0.25, -0.2) is 0 Å². The molecular weight excluding hydrogens is 200 g/mol. The van der Waals surface area contributed by atoms with E-state index in [0.717, 1.165) is 25.9 Å². The fourth-order valence-electron chi connectivity index (χ4n) is 1.05. The summed E-state index contributed by atoms with van der Waals surface area (Å²) in [5, 5.41) is 0.325. The molecule has 15 heavy (non-hydrogen) atoms. The summed E-state index contributed by atoms with van der Waals surface area (Å²) < 4.78 is 6.06. The van der Waals surface area contributed by atoms with Gasteiger partial charge in [-0.3, -0.25) is 0 Å². The Morgan fingerprint density at radius 2 is 1.73 bits per heavy atom. The average molecular weight is 226 g/mol. The zero-order valence-electron chi connectivity index (χ0n) is 11.0. The number of unbranched alkanes of at least 4 members (excludes halogenated alkanes) is 3. The van der Waals surface area contributed by atoms with Gasteiger partial charge in [0.15, 0.2) is 8.32 Å². The van der Waals surface area contributed by atoms with Gasteiger partial charge in [0.1, 0.15) is 0 Å². The number of hydrogen-bond donors (Lipinski definition) is 0. The van der Waals surface area contributed by atoms with Crippen molar-refractivity contribution < 1.29 is 4.43 Å². The molecule has 0 saturated heterocycles. The van der Waals surface area contributed by atoms with Gasteiger partial charge in [0.2, 0.25) is 0 Å². The normalized spacial score (nSPS) is 12.5. The molecule has 0 saturated carbocycles. The Kier molecular flexibility index (Phi) is 6.24. The molecule has 0 N–H and O–H groups in total. The quantitative estimate of drug-likeness (QED) is 0.375. The lowest BCUT2D eigenvalue weighted by Gasteiger charge is -2.36. The molecule has 88 valence electrons. The fourth-order valence-corrected chi connectivity index (χ4v) is 2.14. The highest BCUT2D eigenvalue weighted by molar-refractivity contribution is 6.74. The summed E-state index contributed by atoms with van der Waals surface area (Å²) in [6, 6.07) is 0. The fraction of sp³-hybridized carbons (Fsp3) is 0.846. The van der Waals surface area contributed by atoms with Crippen molar-refractivity contribution in [3.05, 3.63) is 0 Å². The summed E-state index contributed by atoms with van der Waals surface area (Å²) >= 11 is 0. The molecule has 0 heterocycles. The molecule has 0 unspecified atom stereocenters. The highest BCUT2D eigenvalue weighted by atomic mass is 28.4. The molecule has 0 aromatic heterocycles. The van der Waals surface area contributed by atoms with Crippen LogP contribution in [-0.2, 0) is 4.43 Å². The molecule has 0 fully saturated rings. The molecule has 0 aromatic rings. The van der Waals surface area contributed by atoms with E-state index in [4.69, 9.17) is 10.8 Å². The maximum atomic E-state index is 6.06. The Labute approximate surface area is 96.7 Å². The van der Waals surface area contributed by atoms with E-state index in [2.05, 4.69) is 39.8 Å². The van der Waals surface area contributed by atoms with Gasteiger partial charge in [0, 0.05) is 13.0 Å². The van der Waals surface area contributed by atoms with Crippen molar-refractivity contribution in [3.63, 3.8) is 0 Å². The minimum Gasteiger partial charge on any atom is -0.417 e. The van der Waals surface area contributed by atoms with Crippen LogP contribution in [0.15, 0.2) is 0 Å². The summed E-state index contributed by atoms with van der Waals surface area (Å²) in [6.07, 6.45) is 9.57. The third-order valence-electron chi connectivity index (χ3n) is 3.23. The Balaban J connectivity index is 3.64. The van der Waals surface area contributed by atoms with E-state index in [0.29, 0.717) is 5.04 Å². The van der Waals surface area contributed by atoms with E-state index >= 15 is 0 Å². The van der Waals surface area contributed by atoms with E-state index in [1.165, 1.54) is 6.42 Å². The molecule has 0 aliphatic heterocycles. The van der Waals surface area contributed by atoms with Gasteiger partial charge < -0.3 is 4.43 Å². The van der Waals surface area contributed by atoms with Crippen LogP contribution < -0.4 is 0 Å². The number of terminal acetylenes is 1. The van der Waals surface area contributed by atoms with Gasteiger partial charge in [-0.2, -0.15) is 0 Å². The minimum atomic E-state index is -1.51. The van der Waals surface area contributed by atoms with E-state index in [1.807, 2.05) is 0 Å². The Morgan fingerprint density at radius 1 is 1.13 bits per heavy atom. The van der Waals surface area contributed by atoms with Crippen LogP contribution in [-0.4, -0.2) is 14.9 Å². The molecule has 0 spiro atoms. The Hall–Kier alpha value is -0.263. The van der Waals surface area contributed by atoms with Gasteiger partial charge >= 0.3 is 0 Å². The lowest BCUT2D eigenvalue weighted by Crippen LogP contribution is -2.40. The van der Waals surface area contributed by atoms with Crippen molar-refractivity contribution in [1.29, 1.82) is 0 Å². The van der Waals surface area contributed by atoms with Crippen LogP contribution in [0.2, 0.25) is 18.1 Å². The zero-order valence-corrected chi connectivity index (χ0v) is 12.0. The van der Waals surface area contributed by atoms with E-state index in [-0.39, 0.29) is 0 Å². The van der Waals surface area contributed by atoms with E-state index in [9.17, 15) is 0 Å². The van der Waals surface area contributed by atoms with Gasteiger partial charge in [0.25, 0.3) is 0 Å². The summed E-state index contributed by atoms with van der Waals surface area (Å²) in [4.78, 5) is 0. The molecule has 0 rings (SSSR count). The van der Waals surface area contributed by atoms with Crippen LogP contribution in [0.3, 0.4) is 0 Å². The lowest BCUT2D eigenvalue weighted by atomic mass is 10.2. The van der Waals surface area contributed by atoms with Gasteiger partial charge in [-0.1, -0.05) is 27.2 Å². The summed E-state index contributed by atoms with van der Waals surface area (Å²) in [5.74, 6) is 2.67. The monoisotopic (exact) mass is 226 g/mol. The van der Waals surface area contributed by atoms with Gasteiger partial charge in [-0.15, -0.1) is 12.3 Å². The average Bonchev–Trinajstić information content (AvgIpc) is 2.09. The summed E-state index contributed by atoms with van der Waals surface area (Å²) in [5.41, 5.74) is 0. The predicted octanol–water partition coefficient (Wildman–Crippen LogP) is 4.20. The molecule has 0 aliphatic carbocycles. The van der Waals surface area contributed by atoms with Crippen molar-refractivity contribution in [1.82, 2.24) is 0 Å². The smallest absolute Gasteiger partial charge is 0.191 e. The molecule has 2 heteroatoms. The first-order valence-corrected chi connectivity index (χ1v) is 8.79. The van der Waals surface area contributed by atoms with Gasteiger partial charge in [-0.05, 0) is 31.0 Å². The van der Waals surface area contributed by atoms with Crippen LogP contribution in [0.1, 0.15) is 46.5 Å². The Morgan fingerprint density at radius 3 is 2.20 bits per heavy atom. The van der Waals surface area contributed by atoms with Crippen molar-refractivity contribution in [2.45, 2.75) is 64.6 Å². The van der Waals surface area contributed by atoms with E-state index in [1.54, 1.807) is 0 Å². The maximum Gasteiger partial charge on any atom is 0.191 e. The third kappa shape index (κ3) is 6.02. The summed E-state index contributed by atoms with van der Waals surface area (Å²) in [7, 11) is -1.51. The van der Waals surface area contributed by atoms with Crippen LogP contribution in [0.25, 0.3) is 0 Å². The van der Waals surface area contributed by atoms with Crippen molar-refractivity contribution >= 4 is 8.32 Å². The number of rotatable bonds is 6. The molecule has 0 aliphatic rings. The largest absolute Gasteiger partial charge is 0.417 e. The molecule has 0 aromatic carbocycles. The highest BCUT2D eigenvalue weighted by Crippen LogP contribution is 2.36. The second-order valence-electron chi connectivity index (χ2n) is 5.62. The topological polar surface area (TPSA) is 9.23 Å². The molecule has 0 radical (unpaired) electrons. The second-order valence-corrected chi connectivity index (χ2v) is 10.4. The van der Waals surface area contributed by atoms with Crippen molar-refractivity contribution in [2.24, 2.45) is 0 Å². The zero-order chi connectivity index (χ0) is 11.9. The van der Waals surface area contributed by atoms with E-state index < -0.39 is 8.32 Å². The first-order chi connectivity index (χ1) is 6.81. The van der Waals surface area contributed by atoms with Crippen LogP contribution >= 0.6 is 0 Å². The first-order valence-electron chi connectivity index (χ1n) is 5.89. The maximum absolute atomic E-state index is 6.06. The number of hydrogen-bond acceptors (Lipinski definition) is 1. The third-order valence-corrected chi connectivity index (χ3v) is 7.77. The van der Waals surface area contributed by atoms with Crippen molar-refractivity contribution in [2.75, 3.05) is 6.61 Å². The molecule has 0 amide bonds.